The maximum absolute atomic E-state index is 12.0. The SMILES string of the molecule is COc1ccc(CCCC(=O)N[C@@H]2CC[C@H](C(=O)O)C2)c(OC)c1. The molecule has 1 fully saturated rings. The Kier molecular flexibility index (Phi) is 6.46. The summed E-state index contributed by atoms with van der Waals surface area (Å²) in [6.45, 7) is 0. The van der Waals surface area contributed by atoms with Crippen molar-refractivity contribution in [3.63, 3.8) is 0 Å². The van der Waals surface area contributed by atoms with Crippen molar-refractivity contribution in [3.05, 3.63) is 23.8 Å². The number of amides is 1. The third-order valence-corrected chi connectivity index (χ3v) is 4.49. The Morgan fingerprint density at radius 2 is 2.04 bits per heavy atom. The maximum Gasteiger partial charge on any atom is 0.306 e. The number of hydrogen-bond acceptors (Lipinski definition) is 4. The van der Waals surface area contributed by atoms with Crippen LogP contribution in [0.25, 0.3) is 0 Å². The predicted molar refractivity (Wildman–Crippen MR) is 89.4 cm³/mol. The summed E-state index contributed by atoms with van der Waals surface area (Å²) >= 11 is 0. The van der Waals surface area contributed by atoms with Crippen molar-refractivity contribution in [2.24, 2.45) is 5.92 Å². The molecule has 6 nitrogen and oxygen atoms in total. The summed E-state index contributed by atoms with van der Waals surface area (Å²) in [5.41, 5.74) is 1.04. The number of methoxy groups -OCH3 is 2. The lowest BCUT2D eigenvalue weighted by Gasteiger charge is -2.13. The van der Waals surface area contributed by atoms with Crippen molar-refractivity contribution in [1.29, 1.82) is 0 Å². The van der Waals surface area contributed by atoms with E-state index in [0.29, 0.717) is 25.7 Å². The van der Waals surface area contributed by atoms with Gasteiger partial charge in [0.05, 0.1) is 20.1 Å². The van der Waals surface area contributed by atoms with Gasteiger partial charge in [0.25, 0.3) is 0 Å². The Labute approximate surface area is 142 Å². The summed E-state index contributed by atoms with van der Waals surface area (Å²) in [7, 11) is 3.22. The number of ether oxygens (including phenoxy) is 2. The number of carboxylic acid groups (broad SMARTS) is 1. The van der Waals surface area contributed by atoms with E-state index >= 15 is 0 Å². The molecule has 2 N–H and O–H groups in total. The minimum Gasteiger partial charge on any atom is -0.497 e. The van der Waals surface area contributed by atoms with E-state index in [1.807, 2.05) is 18.2 Å². The predicted octanol–water partition coefficient (Wildman–Crippen LogP) is 2.40. The molecule has 1 aliphatic carbocycles. The molecular weight excluding hydrogens is 310 g/mol. The highest BCUT2D eigenvalue weighted by Crippen LogP contribution is 2.27. The third kappa shape index (κ3) is 4.88. The van der Waals surface area contributed by atoms with Crippen molar-refractivity contribution < 1.29 is 24.2 Å². The van der Waals surface area contributed by atoms with E-state index in [-0.39, 0.29) is 17.9 Å². The van der Waals surface area contributed by atoms with Crippen molar-refractivity contribution >= 4 is 11.9 Å². The van der Waals surface area contributed by atoms with Crippen LogP contribution < -0.4 is 14.8 Å². The second-order valence-electron chi connectivity index (χ2n) is 6.14. The van der Waals surface area contributed by atoms with E-state index in [1.54, 1.807) is 14.2 Å². The van der Waals surface area contributed by atoms with E-state index in [0.717, 1.165) is 29.9 Å². The van der Waals surface area contributed by atoms with Gasteiger partial charge in [0, 0.05) is 18.5 Å². The molecule has 1 saturated carbocycles. The Morgan fingerprint density at radius 3 is 2.67 bits per heavy atom. The molecule has 0 heterocycles. The Bertz CT molecular complexity index is 587. The molecule has 0 spiro atoms. The van der Waals surface area contributed by atoms with Gasteiger partial charge >= 0.3 is 5.97 Å². The molecule has 0 saturated heterocycles. The molecule has 0 aliphatic heterocycles. The summed E-state index contributed by atoms with van der Waals surface area (Å²) in [6.07, 6.45) is 3.79. The zero-order chi connectivity index (χ0) is 17.5. The number of benzene rings is 1. The summed E-state index contributed by atoms with van der Waals surface area (Å²) in [5.74, 6) is 0.396. The van der Waals surface area contributed by atoms with Gasteiger partial charge in [-0.05, 0) is 43.7 Å². The summed E-state index contributed by atoms with van der Waals surface area (Å²) in [4.78, 5) is 22.9. The lowest BCUT2D eigenvalue weighted by atomic mass is 10.1. The first-order valence-corrected chi connectivity index (χ1v) is 8.26. The Balaban J connectivity index is 1.76. The number of rotatable bonds is 8. The molecule has 1 amide bonds. The van der Waals surface area contributed by atoms with Crippen LogP contribution in [0.5, 0.6) is 11.5 Å². The van der Waals surface area contributed by atoms with Crippen LogP contribution >= 0.6 is 0 Å². The number of hydrogen-bond donors (Lipinski definition) is 2. The average Bonchev–Trinajstić information content (AvgIpc) is 3.03. The number of nitrogens with one attached hydrogen (secondary N) is 1. The van der Waals surface area contributed by atoms with Crippen LogP contribution in [0.1, 0.15) is 37.7 Å². The minimum atomic E-state index is -0.765. The largest absolute Gasteiger partial charge is 0.497 e. The monoisotopic (exact) mass is 335 g/mol. The molecule has 2 rings (SSSR count). The van der Waals surface area contributed by atoms with Gasteiger partial charge in [-0.1, -0.05) is 6.07 Å². The average molecular weight is 335 g/mol. The van der Waals surface area contributed by atoms with Gasteiger partial charge in [-0.15, -0.1) is 0 Å². The second kappa shape index (κ2) is 8.57. The first-order chi connectivity index (χ1) is 11.5. The van der Waals surface area contributed by atoms with Crippen molar-refractivity contribution in [1.82, 2.24) is 5.32 Å². The number of carbonyl (C=O) groups is 2. The zero-order valence-electron chi connectivity index (χ0n) is 14.2. The van der Waals surface area contributed by atoms with Gasteiger partial charge in [-0.3, -0.25) is 9.59 Å². The highest BCUT2D eigenvalue weighted by molar-refractivity contribution is 5.76. The third-order valence-electron chi connectivity index (χ3n) is 4.49. The molecule has 1 aliphatic rings. The molecular formula is C18H25NO5. The smallest absolute Gasteiger partial charge is 0.306 e. The van der Waals surface area contributed by atoms with Crippen molar-refractivity contribution in [3.8, 4) is 11.5 Å². The molecule has 0 aromatic heterocycles. The normalized spacial score (nSPS) is 19.8. The van der Waals surface area contributed by atoms with Crippen LogP contribution in [0.2, 0.25) is 0 Å². The number of carboxylic acids is 1. The molecule has 24 heavy (non-hydrogen) atoms. The fourth-order valence-electron chi connectivity index (χ4n) is 3.13. The summed E-state index contributed by atoms with van der Waals surface area (Å²) in [6, 6.07) is 5.65. The highest BCUT2D eigenvalue weighted by Gasteiger charge is 2.30. The van der Waals surface area contributed by atoms with E-state index in [2.05, 4.69) is 5.32 Å². The fraction of sp³-hybridized carbons (Fsp3) is 0.556. The van der Waals surface area contributed by atoms with Gasteiger partial charge < -0.3 is 19.9 Å². The van der Waals surface area contributed by atoms with Crippen molar-refractivity contribution in [2.45, 2.75) is 44.6 Å². The highest BCUT2D eigenvalue weighted by atomic mass is 16.5. The molecule has 0 unspecified atom stereocenters. The zero-order valence-corrected chi connectivity index (χ0v) is 14.2. The standard InChI is InChI=1S/C18H25NO5/c1-23-15-9-7-12(16(11-15)24-2)4-3-5-17(20)19-14-8-6-13(10-14)18(21)22/h7,9,11,13-14H,3-6,8,10H2,1-2H3,(H,19,20)(H,21,22)/t13-,14+/m0/s1. The lowest BCUT2D eigenvalue weighted by Crippen LogP contribution is -2.33. The van der Waals surface area contributed by atoms with Gasteiger partial charge in [0.2, 0.25) is 5.91 Å². The number of aliphatic carboxylic acids is 1. The molecule has 0 bridgehead atoms. The Hall–Kier alpha value is -2.24. The van der Waals surface area contributed by atoms with Gasteiger partial charge in [0.15, 0.2) is 0 Å². The van der Waals surface area contributed by atoms with Crippen molar-refractivity contribution in [2.75, 3.05) is 14.2 Å². The summed E-state index contributed by atoms with van der Waals surface area (Å²) < 4.78 is 10.5. The van der Waals surface area contributed by atoms with E-state index in [9.17, 15) is 9.59 Å². The van der Waals surface area contributed by atoms with Crippen LogP contribution in [-0.2, 0) is 16.0 Å². The number of aryl methyl sites for hydroxylation is 1. The molecule has 1 aromatic carbocycles. The summed E-state index contributed by atoms with van der Waals surface area (Å²) in [5, 5.41) is 11.9. The molecule has 0 radical (unpaired) electrons. The van der Waals surface area contributed by atoms with Gasteiger partial charge in [-0.25, -0.2) is 0 Å². The fourth-order valence-corrected chi connectivity index (χ4v) is 3.13. The molecule has 6 heteroatoms. The minimum absolute atomic E-state index is 0.00544. The van der Waals surface area contributed by atoms with Gasteiger partial charge in [-0.2, -0.15) is 0 Å². The van der Waals surface area contributed by atoms with E-state index in [4.69, 9.17) is 14.6 Å². The first-order valence-electron chi connectivity index (χ1n) is 8.26. The van der Waals surface area contributed by atoms with Crippen LogP contribution in [-0.4, -0.2) is 37.2 Å². The molecule has 1 aromatic rings. The first kappa shape index (κ1) is 18.1. The van der Waals surface area contributed by atoms with E-state index < -0.39 is 5.97 Å². The number of carbonyl (C=O) groups excluding carboxylic acids is 1. The topological polar surface area (TPSA) is 84.9 Å². The maximum atomic E-state index is 12.0. The van der Waals surface area contributed by atoms with Crippen LogP contribution in [0, 0.1) is 5.92 Å². The molecule has 2 atom stereocenters. The molecule has 132 valence electrons. The van der Waals surface area contributed by atoms with Crippen LogP contribution in [0.4, 0.5) is 0 Å². The quantitative estimate of drug-likeness (QED) is 0.762. The second-order valence-corrected chi connectivity index (χ2v) is 6.14. The van der Waals surface area contributed by atoms with Gasteiger partial charge in [0.1, 0.15) is 11.5 Å². The van der Waals surface area contributed by atoms with Crippen LogP contribution in [0.3, 0.4) is 0 Å². The lowest BCUT2D eigenvalue weighted by molar-refractivity contribution is -0.141. The van der Waals surface area contributed by atoms with Crippen LogP contribution in [0.15, 0.2) is 18.2 Å². The Morgan fingerprint density at radius 1 is 1.25 bits per heavy atom. The van der Waals surface area contributed by atoms with E-state index in [1.165, 1.54) is 0 Å².